The van der Waals surface area contributed by atoms with Crippen molar-refractivity contribution in [2.75, 3.05) is 26.8 Å². The summed E-state index contributed by atoms with van der Waals surface area (Å²) < 4.78 is 22.3. The number of para-hydroxylation sites is 2. The molecule has 3 heterocycles. The van der Waals surface area contributed by atoms with E-state index in [9.17, 15) is 4.79 Å². The summed E-state index contributed by atoms with van der Waals surface area (Å²) in [6.45, 7) is 1.46. The van der Waals surface area contributed by atoms with Crippen molar-refractivity contribution in [2.45, 2.75) is 24.9 Å². The first-order valence-electron chi connectivity index (χ1n) is 10.4. The van der Waals surface area contributed by atoms with E-state index in [2.05, 4.69) is 10.1 Å². The van der Waals surface area contributed by atoms with Crippen molar-refractivity contribution in [3.05, 3.63) is 54.4 Å². The fourth-order valence-corrected chi connectivity index (χ4v) is 3.98. The van der Waals surface area contributed by atoms with Gasteiger partial charge in [-0.2, -0.15) is 4.98 Å². The largest absolute Gasteiger partial charge is 0.497 e. The zero-order valence-corrected chi connectivity index (χ0v) is 17.2. The van der Waals surface area contributed by atoms with Crippen molar-refractivity contribution in [3.8, 4) is 28.7 Å². The third-order valence-corrected chi connectivity index (χ3v) is 5.71. The fourth-order valence-electron chi connectivity index (χ4n) is 3.98. The molecular formula is C23H23N3O5. The van der Waals surface area contributed by atoms with Gasteiger partial charge in [0.2, 0.25) is 6.10 Å². The summed E-state index contributed by atoms with van der Waals surface area (Å²) in [6, 6.07) is 14.9. The molecule has 1 fully saturated rings. The summed E-state index contributed by atoms with van der Waals surface area (Å²) >= 11 is 0. The lowest BCUT2D eigenvalue weighted by atomic mass is 9.96. The van der Waals surface area contributed by atoms with Crippen LogP contribution in [0.2, 0.25) is 0 Å². The second-order valence-corrected chi connectivity index (χ2v) is 7.65. The molecule has 0 bridgehead atoms. The fraction of sp³-hybridized carbons (Fsp3) is 0.348. The molecule has 2 aliphatic rings. The van der Waals surface area contributed by atoms with Gasteiger partial charge in [0.1, 0.15) is 12.4 Å². The molecule has 5 rings (SSSR count). The molecular weight excluding hydrogens is 398 g/mol. The van der Waals surface area contributed by atoms with Crippen molar-refractivity contribution in [1.29, 1.82) is 0 Å². The number of benzene rings is 2. The van der Waals surface area contributed by atoms with E-state index < -0.39 is 6.10 Å². The molecule has 160 valence electrons. The lowest BCUT2D eigenvalue weighted by molar-refractivity contribution is -0.142. The van der Waals surface area contributed by atoms with Crippen molar-refractivity contribution in [3.63, 3.8) is 0 Å². The highest BCUT2D eigenvalue weighted by molar-refractivity contribution is 5.82. The molecule has 0 radical (unpaired) electrons. The molecule has 0 saturated carbocycles. The van der Waals surface area contributed by atoms with Gasteiger partial charge in [-0.1, -0.05) is 23.4 Å². The topological polar surface area (TPSA) is 86.9 Å². The number of carbonyl (C=O) groups excluding carboxylic acids is 1. The SMILES string of the molecule is COc1cccc(-c2nc(C3CCN(C(=O)[C@H]4COc5ccccc5O4)CC3)no2)c1. The second kappa shape index (κ2) is 8.29. The molecule has 2 aromatic carbocycles. The lowest BCUT2D eigenvalue weighted by Gasteiger charge is -2.34. The summed E-state index contributed by atoms with van der Waals surface area (Å²) in [7, 11) is 1.62. The number of aromatic nitrogens is 2. The van der Waals surface area contributed by atoms with Gasteiger partial charge in [0.15, 0.2) is 17.3 Å². The van der Waals surface area contributed by atoms with Gasteiger partial charge in [-0.15, -0.1) is 0 Å². The van der Waals surface area contributed by atoms with Crippen LogP contribution in [0.4, 0.5) is 0 Å². The van der Waals surface area contributed by atoms with Gasteiger partial charge in [0.05, 0.1) is 7.11 Å². The van der Waals surface area contributed by atoms with Crippen molar-refractivity contribution < 1.29 is 23.5 Å². The van der Waals surface area contributed by atoms with Crippen molar-refractivity contribution in [1.82, 2.24) is 15.0 Å². The van der Waals surface area contributed by atoms with E-state index in [1.807, 2.05) is 53.4 Å². The number of methoxy groups -OCH3 is 1. The molecule has 8 nitrogen and oxygen atoms in total. The van der Waals surface area contributed by atoms with E-state index in [1.165, 1.54) is 0 Å². The normalized spacial score (nSPS) is 18.6. The van der Waals surface area contributed by atoms with Crippen LogP contribution < -0.4 is 14.2 Å². The number of nitrogens with zero attached hydrogens (tertiary/aromatic N) is 3. The van der Waals surface area contributed by atoms with E-state index >= 15 is 0 Å². The number of piperidine rings is 1. The average Bonchev–Trinajstić information content (AvgIpc) is 3.34. The van der Waals surface area contributed by atoms with Crippen LogP contribution in [0.5, 0.6) is 17.2 Å². The Balaban J connectivity index is 1.20. The van der Waals surface area contributed by atoms with Crippen molar-refractivity contribution >= 4 is 5.91 Å². The molecule has 0 aliphatic carbocycles. The number of hydrogen-bond donors (Lipinski definition) is 0. The Hall–Kier alpha value is -3.55. The molecule has 8 heteroatoms. The van der Waals surface area contributed by atoms with Crippen LogP contribution >= 0.6 is 0 Å². The monoisotopic (exact) mass is 421 g/mol. The van der Waals surface area contributed by atoms with E-state index in [4.69, 9.17) is 18.7 Å². The zero-order valence-electron chi connectivity index (χ0n) is 17.2. The van der Waals surface area contributed by atoms with Gasteiger partial charge in [-0.05, 0) is 43.2 Å². The second-order valence-electron chi connectivity index (χ2n) is 7.65. The molecule has 0 spiro atoms. The van der Waals surface area contributed by atoms with Gasteiger partial charge < -0.3 is 23.6 Å². The van der Waals surface area contributed by atoms with E-state index in [0.29, 0.717) is 36.3 Å². The number of likely N-dealkylation sites (tertiary alicyclic amines) is 1. The number of ether oxygens (including phenoxy) is 3. The molecule has 31 heavy (non-hydrogen) atoms. The molecule has 0 unspecified atom stereocenters. The number of carbonyl (C=O) groups is 1. The minimum absolute atomic E-state index is 0.0434. The first-order chi connectivity index (χ1) is 15.2. The van der Waals surface area contributed by atoms with Gasteiger partial charge >= 0.3 is 0 Å². The minimum Gasteiger partial charge on any atom is -0.497 e. The lowest BCUT2D eigenvalue weighted by Crippen LogP contribution is -2.48. The van der Waals surface area contributed by atoms with Gasteiger partial charge in [0, 0.05) is 24.6 Å². The molecule has 1 aromatic heterocycles. The predicted molar refractivity (Wildman–Crippen MR) is 111 cm³/mol. The van der Waals surface area contributed by atoms with Crippen LogP contribution in [0.25, 0.3) is 11.5 Å². The number of hydrogen-bond acceptors (Lipinski definition) is 7. The highest BCUT2D eigenvalue weighted by atomic mass is 16.6. The van der Waals surface area contributed by atoms with Crippen LogP contribution in [0.3, 0.4) is 0 Å². The summed E-state index contributed by atoms with van der Waals surface area (Å²) in [5, 5.41) is 4.18. The van der Waals surface area contributed by atoms with Crippen LogP contribution in [0.1, 0.15) is 24.6 Å². The Morgan fingerprint density at radius 1 is 1.10 bits per heavy atom. The zero-order chi connectivity index (χ0) is 21.2. The first kappa shape index (κ1) is 19.4. The molecule has 3 aromatic rings. The third-order valence-electron chi connectivity index (χ3n) is 5.71. The van der Waals surface area contributed by atoms with Crippen LogP contribution in [-0.4, -0.2) is 53.9 Å². The maximum atomic E-state index is 12.9. The highest BCUT2D eigenvalue weighted by Gasteiger charge is 2.34. The minimum atomic E-state index is -0.615. The van der Waals surface area contributed by atoms with Crippen molar-refractivity contribution in [2.24, 2.45) is 0 Å². The molecule has 1 atom stereocenters. The van der Waals surface area contributed by atoms with Crippen LogP contribution in [-0.2, 0) is 4.79 Å². The van der Waals surface area contributed by atoms with E-state index in [0.717, 1.165) is 24.2 Å². The number of rotatable bonds is 4. The Morgan fingerprint density at radius 2 is 1.90 bits per heavy atom. The summed E-state index contributed by atoms with van der Waals surface area (Å²) in [6.07, 6.45) is 0.927. The summed E-state index contributed by atoms with van der Waals surface area (Å²) in [5.41, 5.74) is 0.820. The Kier molecular flexibility index (Phi) is 5.19. The first-order valence-corrected chi connectivity index (χ1v) is 10.4. The smallest absolute Gasteiger partial charge is 0.267 e. The Morgan fingerprint density at radius 3 is 2.71 bits per heavy atom. The Bertz CT molecular complexity index is 1070. The number of amides is 1. The van der Waals surface area contributed by atoms with Crippen LogP contribution in [0.15, 0.2) is 53.1 Å². The highest BCUT2D eigenvalue weighted by Crippen LogP contribution is 2.33. The number of fused-ring (bicyclic) bond motifs is 1. The maximum absolute atomic E-state index is 12.9. The van der Waals surface area contributed by atoms with Gasteiger partial charge in [-0.25, -0.2) is 0 Å². The molecule has 2 aliphatic heterocycles. The van der Waals surface area contributed by atoms with E-state index in [1.54, 1.807) is 7.11 Å². The maximum Gasteiger partial charge on any atom is 0.267 e. The summed E-state index contributed by atoms with van der Waals surface area (Å²) in [5.74, 6) is 3.28. The van der Waals surface area contributed by atoms with E-state index in [-0.39, 0.29) is 18.4 Å². The van der Waals surface area contributed by atoms with Gasteiger partial charge in [-0.3, -0.25) is 4.79 Å². The predicted octanol–water partition coefficient (Wildman–Crippen LogP) is 3.29. The molecule has 1 saturated heterocycles. The standard InChI is InChI=1S/C23H23N3O5/c1-28-17-6-4-5-16(13-17)22-24-21(25-31-22)15-9-11-26(12-10-15)23(27)20-14-29-18-7-2-3-8-19(18)30-20/h2-8,13,15,20H,9-12,14H2,1H3/t20-/m1/s1. The average molecular weight is 421 g/mol. The molecule has 0 N–H and O–H groups in total. The summed E-state index contributed by atoms with van der Waals surface area (Å²) in [4.78, 5) is 19.3. The molecule has 1 amide bonds. The van der Waals surface area contributed by atoms with Crippen LogP contribution in [0, 0.1) is 0 Å². The van der Waals surface area contributed by atoms with Gasteiger partial charge in [0.25, 0.3) is 11.8 Å². The Labute approximate surface area is 179 Å². The quantitative estimate of drug-likeness (QED) is 0.639. The third kappa shape index (κ3) is 3.93.